The highest BCUT2D eigenvalue weighted by atomic mass is 35.5. The molecule has 0 aromatic rings. The Morgan fingerprint density at radius 3 is 1.38 bits per heavy atom. The molecule has 0 bridgehead atoms. The summed E-state index contributed by atoms with van der Waals surface area (Å²) in [6.07, 6.45) is 34.3. The van der Waals surface area contributed by atoms with Crippen molar-refractivity contribution in [1.82, 2.24) is 0 Å². The zero-order chi connectivity index (χ0) is 24.8. The van der Waals surface area contributed by atoms with Crippen molar-refractivity contribution in [1.29, 1.82) is 0 Å². The van der Waals surface area contributed by atoms with Crippen LogP contribution < -0.4 is 0 Å². The van der Waals surface area contributed by atoms with Gasteiger partial charge in [0.1, 0.15) is 0 Å². The predicted molar refractivity (Wildman–Crippen MR) is 153 cm³/mol. The van der Waals surface area contributed by atoms with E-state index in [9.17, 15) is 0 Å². The second-order valence-electron chi connectivity index (χ2n) is 10.1. The number of halogens is 1. The Morgan fingerprint density at radius 2 is 0.912 bits per heavy atom. The van der Waals surface area contributed by atoms with Crippen LogP contribution in [-0.4, -0.2) is 25.4 Å². The van der Waals surface area contributed by atoms with Crippen LogP contribution in [0.2, 0.25) is 0 Å². The second-order valence-corrected chi connectivity index (χ2v) is 10.4. The van der Waals surface area contributed by atoms with Crippen molar-refractivity contribution < 1.29 is 9.47 Å². The van der Waals surface area contributed by atoms with Crippen LogP contribution in [0.25, 0.3) is 0 Å². The molecule has 0 spiro atoms. The average Bonchev–Trinajstić information content (AvgIpc) is 2.85. The molecule has 0 fully saturated rings. The van der Waals surface area contributed by atoms with E-state index < -0.39 is 0 Å². The zero-order valence-corrected chi connectivity index (χ0v) is 24.1. The van der Waals surface area contributed by atoms with Gasteiger partial charge in [-0.25, -0.2) is 0 Å². The fourth-order valence-electron chi connectivity index (χ4n) is 4.30. The summed E-state index contributed by atoms with van der Waals surface area (Å²) >= 11 is 5.72. The van der Waals surface area contributed by atoms with Crippen LogP contribution >= 0.6 is 11.6 Å². The maximum absolute atomic E-state index is 6.18. The summed E-state index contributed by atoms with van der Waals surface area (Å²) in [5.41, 5.74) is 0. The molecule has 0 aliphatic heterocycles. The van der Waals surface area contributed by atoms with Gasteiger partial charge >= 0.3 is 0 Å². The third kappa shape index (κ3) is 28.2. The lowest BCUT2D eigenvalue weighted by Gasteiger charge is -2.19. The third-order valence-corrected chi connectivity index (χ3v) is 6.85. The number of rotatable bonds is 29. The van der Waals surface area contributed by atoms with E-state index in [-0.39, 0.29) is 6.29 Å². The Hall–Kier alpha value is -0.0500. The maximum Gasteiger partial charge on any atom is 0.157 e. The van der Waals surface area contributed by atoms with Crippen LogP contribution in [0.5, 0.6) is 0 Å². The van der Waals surface area contributed by atoms with Crippen LogP contribution in [0.4, 0.5) is 0 Å². The molecule has 0 aliphatic rings. The van der Waals surface area contributed by atoms with Crippen molar-refractivity contribution in [3.63, 3.8) is 0 Å². The number of ether oxygens (including phenoxy) is 2. The van der Waals surface area contributed by atoms with Gasteiger partial charge in [0.2, 0.25) is 0 Å². The van der Waals surface area contributed by atoms with Gasteiger partial charge < -0.3 is 9.47 Å². The molecule has 0 rings (SSSR count). The Labute approximate surface area is 220 Å². The Morgan fingerprint density at radius 1 is 0.500 bits per heavy atom. The Bertz CT molecular complexity index is 364. The summed E-state index contributed by atoms with van der Waals surface area (Å²) in [5.74, 6) is 0.768. The van der Waals surface area contributed by atoms with Gasteiger partial charge in [0.25, 0.3) is 0 Å². The number of hydrogen-bond donors (Lipinski definition) is 0. The fourth-order valence-corrected chi connectivity index (χ4v) is 4.45. The standard InChI is InChI=1S/C31H61ClO2/c1-3-5-7-9-11-17-21-25-29-33-31(27-23-19-15-13-14-16-20-24-28-32)34-30-26-22-18-12-10-8-6-4-2/h14,16,31H,3-13,15,17-30H2,1-2H3/b16-14+. The van der Waals surface area contributed by atoms with Crippen molar-refractivity contribution in [2.75, 3.05) is 19.1 Å². The van der Waals surface area contributed by atoms with Crippen LogP contribution in [-0.2, 0) is 9.47 Å². The minimum absolute atomic E-state index is 0.00775. The molecule has 0 heterocycles. The minimum atomic E-state index is 0.00775. The SMILES string of the molecule is CCCCCCCCCCOC(CCCCC/C=C/CCCCl)OCCCCCCCCCC. The molecular formula is C31H61ClO2. The summed E-state index contributed by atoms with van der Waals surface area (Å²) in [6, 6.07) is 0. The molecule has 0 atom stereocenters. The summed E-state index contributed by atoms with van der Waals surface area (Å²) in [4.78, 5) is 0. The molecule has 2 nitrogen and oxygen atoms in total. The molecular weight excluding hydrogens is 440 g/mol. The van der Waals surface area contributed by atoms with Crippen LogP contribution in [0.3, 0.4) is 0 Å². The van der Waals surface area contributed by atoms with E-state index >= 15 is 0 Å². The van der Waals surface area contributed by atoms with Gasteiger partial charge in [-0.15, -0.1) is 11.6 Å². The Kier molecular flexibility index (Phi) is 30.9. The molecule has 0 unspecified atom stereocenters. The largest absolute Gasteiger partial charge is 0.353 e. The van der Waals surface area contributed by atoms with Gasteiger partial charge in [0, 0.05) is 19.1 Å². The second kappa shape index (κ2) is 31.0. The van der Waals surface area contributed by atoms with Crippen molar-refractivity contribution >= 4 is 11.6 Å². The molecule has 0 amide bonds. The summed E-state index contributed by atoms with van der Waals surface area (Å²) in [6.45, 7) is 6.29. The van der Waals surface area contributed by atoms with E-state index in [1.54, 1.807) is 0 Å². The molecule has 3 heteroatoms. The van der Waals surface area contributed by atoms with Crippen LogP contribution in [0.15, 0.2) is 12.2 Å². The molecule has 0 radical (unpaired) electrons. The monoisotopic (exact) mass is 500 g/mol. The van der Waals surface area contributed by atoms with Gasteiger partial charge in [0.15, 0.2) is 6.29 Å². The summed E-state index contributed by atoms with van der Waals surface area (Å²) in [5, 5.41) is 0. The van der Waals surface area contributed by atoms with Gasteiger partial charge in [-0.05, 0) is 51.4 Å². The Balaban J connectivity index is 3.90. The number of unbranched alkanes of at least 4 members (excludes halogenated alkanes) is 18. The maximum atomic E-state index is 6.18. The van der Waals surface area contributed by atoms with Crippen molar-refractivity contribution in [2.45, 2.75) is 168 Å². The van der Waals surface area contributed by atoms with Gasteiger partial charge in [-0.1, -0.05) is 122 Å². The van der Waals surface area contributed by atoms with Gasteiger partial charge in [-0.3, -0.25) is 0 Å². The van der Waals surface area contributed by atoms with E-state index in [1.807, 2.05) is 0 Å². The van der Waals surface area contributed by atoms with E-state index in [2.05, 4.69) is 26.0 Å². The normalized spacial score (nSPS) is 11.9. The van der Waals surface area contributed by atoms with Crippen molar-refractivity contribution in [2.24, 2.45) is 0 Å². The first-order valence-electron chi connectivity index (χ1n) is 15.3. The first-order valence-corrected chi connectivity index (χ1v) is 15.8. The molecule has 0 aromatic heterocycles. The fraction of sp³-hybridized carbons (Fsp3) is 0.935. The first kappa shape index (κ1) is 34.0. The molecule has 204 valence electrons. The smallest absolute Gasteiger partial charge is 0.157 e. The molecule has 34 heavy (non-hydrogen) atoms. The molecule has 0 N–H and O–H groups in total. The van der Waals surface area contributed by atoms with Crippen LogP contribution in [0, 0.1) is 0 Å². The molecule has 0 aromatic carbocycles. The topological polar surface area (TPSA) is 18.5 Å². The summed E-state index contributed by atoms with van der Waals surface area (Å²) < 4.78 is 12.4. The van der Waals surface area contributed by atoms with Gasteiger partial charge in [-0.2, -0.15) is 0 Å². The number of hydrogen-bond acceptors (Lipinski definition) is 2. The molecule has 0 saturated carbocycles. The third-order valence-electron chi connectivity index (χ3n) is 6.58. The lowest BCUT2D eigenvalue weighted by Crippen LogP contribution is -2.19. The van der Waals surface area contributed by atoms with Crippen molar-refractivity contribution in [3.05, 3.63) is 12.2 Å². The van der Waals surface area contributed by atoms with E-state index in [4.69, 9.17) is 21.1 Å². The number of alkyl halides is 1. The highest BCUT2D eigenvalue weighted by Crippen LogP contribution is 2.14. The zero-order valence-electron chi connectivity index (χ0n) is 23.3. The lowest BCUT2D eigenvalue weighted by atomic mass is 10.1. The number of allylic oxidation sites excluding steroid dienone is 2. The first-order chi connectivity index (χ1) is 16.8. The summed E-state index contributed by atoms with van der Waals surface area (Å²) in [7, 11) is 0. The molecule has 0 aliphatic carbocycles. The van der Waals surface area contributed by atoms with E-state index in [0.717, 1.165) is 38.4 Å². The molecule has 0 saturated heterocycles. The van der Waals surface area contributed by atoms with Crippen LogP contribution in [0.1, 0.15) is 162 Å². The highest BCUT2D eigenvalue weighted by molar-refractivity contribution is 6.17. The van der Waals surface area contributed by atoms with E-state index in [1.165, 1.54) is 128 Å². The quantitative estimate of drug-likeness (QED) is 0.0439. The van der Waals surface area contributed by atoms with Gasteiger partial charge in [0.05, 0.1) is 0 Å². The minimum Gasteiger partial charge on any atom is -0.353 e. The van der Waals surface area contributed by atoms with E-state index in [0.29, 0.717) is 0 Å². The lowest BCUT2D eigenvalue weighted by molar-refractivity contribution is -0.148. The highest BCUT2D eigenvalue weighted by Gasteiger charge is 2.09. The predicted octanol–water partition coefficient (Wildman–Crippen LogP) is 11.2. The van der Waals surface area contributed by atoms with Crippen molar-refractivity contribution in [3.8, 4) is 0 Å². The average molecular weight is 501 g/mol.